The normalized spacial score (nSPS) is 14.3. The van der Waals surface area contributed by atoms with Gasteiger partial charge in [-0.05, 0) is 30.3 Å². The molecule has 0 spiro atoms. The monoisotopic (exact) mass is 495 g/mol. The zero-order valence-electron chi connectivity index (χ0n) is 18.7. The molecule has 1 aliphatic rings. The molecule has 0 unspecified atom stereocenters. The van der Waals surface area contributed by atoms with Crippen LogP contribution in [0.4, 0.5) is 10.8 Å². The standard InChI is InChI=1S/C24H25N5O3S2/c1-31-18-6-7-19(26-15-18)16-2-4-17(5-3-16)27-22(30)20-14-21-23(33-20)28-24(34-21)25-8-9-29-10-12-32-13-11-29/h2-7,14-15H,8-13H2,1H3,(H,25,28)(H,27,30). The summed E-state index contributed by atoms with van der Waals surface area (Å²) in [5.41, 5.74) is 2.55. The quantitative estimate of drug-likeness (QED) is 0.374. The lowest BCUT2D eigenvalue weighted by Crippen LogP contribution is -2.38. The van der Waals surface area contributed by atoms with Crippen LogP contribution in [0, 0.1) is 0 Å². The van der Waals surface area contributed by atoms with E-state index in [0.717, 1.165) is 71.0 Å². The molecule has 1 fully saturated rings. The minimum atomic E-state index is -0.132. The fourth-order valence-electron chi connectivity index (χ4n) is 3.66. The highest BCUT2D eigenvalue weighted by Gasteiger charge is 2.15. The number of ether oxygens (including phenoxy) is 2. The lowest BCUT2D eigenvalue weighted by atomic mass is 10.1. The van der Waals surface area contributed by atoms with E-state index in [0.29, 0.717) is 10.6 Å². The third-order valence-electron chi connectivity index (χ3n) is 5.53. The Bertz CT molecular complexity index is 1220. The fourth-order valence-corrected chi connectivity index (χ4v) is 5.69. The Kier molecular flexibility index (Phi) is 7.00. The first-order chi connectivity index (χ1) is 16.7. The van der Waals surface area contributed by atoms with E-state index >= 15 is 0 Å². The molecule has 34 heavy (non-hydrogen) atoms. The van der Waals surface area contributed by atoms with Gasteiger partial charge >= 0.3 is 0 Å². The minimum Gasteiger partial charge on any atom is -0.495 e. The second-order valence-electron chi connectivity index (χ2n) is 7.79. The van der Waals surface area contributed by atoms with Crippen molar-refractivity contribution in [2.75, 3.05) is 57.1 Å². The van der Waals surface area contributed by atoms with Gasteiger partial charge in [-0.15, -0.1) is 11.3 Å². The first kappa shape index (κ1) is 22.7. The van der Waals surface area contributed by atoms with Crippen LogP contribution in [0.15, 0.2) is 48.7 Å². The third-order valence-corrected chi connectivity index (χ3v) is 7.65. The lowest BCUT2D eigenvalue weighted by molar-refractivity contribution is 0.0398. The average Bonchev–Trinajstić information content (AvgIpc) is 3.44. The van der Waals surface area contributed by atoms with Crippen LogP contribution in [0.25, 0.3) is 20.8 Å². The van der Waals surface area contributed by atoms with Gasteiger partial charge in [-0.25, -0.2) is 4.98 Å². The zero-order chi connectivity index (χ0) is 23.3. The Morgan fingerprint density at radius 2 is 1.97 bits per heavy atom. The number of pyridine rings is 1. The Hall–Kier alpha value is -3.05. The van der Waals surface area contributed by atoms with Crippen molar-refractivity contribution in [1.82, 2.24) is 14.9 Å². The average molecular weight is 496 g/mol. The summed E-state index contributed by atoms with van der Waals surface area (Å²) in [5, 5.41) is 7.26. The van der Waals surface area contributed by atoms with E-state index in [2.05, 4.69) is 25.5 Å². The third kappa shape index (κ3) is 5.36. The van der Waals surface area contributed by atoms with Crippen molar-refractivity contribution in [2.24, 2.45) is 0 Å². The maximum Gasteiger partial charge on any atom is 0.265 e. The van der Waals surface area contributed by atoms with Gasteiger partial charge in [0.15, 0.2) is 5.13 Å². The van der Waals surface area contributed by atoms with Crippen molar-refractivity contribution in [3.8, 4) is 17.0 Å². The molecule has 8 nitrogen and oxygen atoms in total. The summed E-state index contributed by atoms with van der Waals surface area (Å²) >= 11 is 2.99. The number of carbonyl (C=O) groups excluding carboxylic acids is 1. The van der Waals surface area contributed by atoms with Gasteiger partial charge in [0.05, 0.1) is 41.8 Å². The summed E-state index contributed by atoms with van der Waals surface area (Å²) in [6, 6.07) is 13.3. The predicted molar refractivity (Wildman–Crippen MR) is 137 cm³/mol. The smallest absolute Gasteiger partial charge is 0.265 e. The van der Waals surface area contributed by atoms with Crippen molar-refractivity contribution < 1.29 is 14.3 Å². The molecule has 1 aromatic carbocycles. The number of benzene rings is 1. The molecule has 4 aromatic rings. The molecule has 3 aromatic heterocycles. The van der Waals surface area contributed by atoms with Gasteiger partial charge < -0.3 is 20.1 Å². The van der Waals surface area contributed by atoms with Gasteiger partial charge in [0.1, 0.15) is 10.6 Å². The van der Waals surface area contributed by atoms with Crippen molar-refractivity contribution in [2.45, 2.75) is 0 Å². The minimum absolute atomic E-state index is 0.132. The number of anilines is 2. The first-order valence-electron chi connectivity index (χ1n) is 11.0. The number of nitrogens with zero attached hydrogens (tertiary/aromatic N) is 3. The SMILES string of the molecule is COc1ccc(-c2ccc(NC(=O)c3cc4sc(NCCN5CCOCC5)nc4s3)cc2)nc1. The topological polar surface area (TPSA) is 88.6 Å². The van der Waals surface area contributed by atoms with Crippen LogP contribution in [-0.4, -0.2) is 67.3 Å². The summed E-state index contributed by atoms with van der Waals surface area (Å²) in [5.74, 6) is 0.584. The number of aromatic nitrogens is 2. The van der Waals surface area contributed by atoms with Gasteiger partial charge in [0, 0.05) is 37.4 Å². The molecule has 5 rings (SSSR count). The number of thiazole rings is 1. The van der Waals surface area contributed by atoms with E-state index in [4.69, 9.17) is 9.47 Å². The summed E-state index contributed by atoms with van der Waals surface area (Å²) in [6.45, 7) is 5.39. The molecule has 0 saturated carbocycles. The molecule has 10 heteroatoms. The van der Waals surface area contributed by atoms with Crippen LogP contribution in [0.5, 0.6) is 5.75 Å². The van der Waals surface area contributed by atoms with E-state index in [1.54, 1.807) is 24.6 Å². The van der Waals surface area contributed by atoms with Gasteiger partial charge in [0.2, 0.25) is 0 Å². The number of thiophene rings is 1. The maximum atomic E-state index is 12.8. The highest BCUT2D eigenvalue weighted by molar-refractivity contribution is 7.29. The van der Waals surface area contributed by atoms with E-state index < -0.39 is 0 Å². The van der Waals surface area contributed by atoms with Crippen LogP contribution in [0.3, 0.4) is 0 Å². The number of nitrogens with one attached hydrogen (secondary N) is 2. The number of morpholine rings is 1. The number of amides is 1. The molecule has 0 aliphatic carbocycles. The lowest BCUT2D eigenvalue weighted by Gasteiger charge is -2.26. The van der Waals surface area contributed by atoms with Crippen LogP contribution in [-0.2, 0) is 4.74 Å². The largest absolute Gasteiger partial charge is 0.495 e. The van der Waals surface area contributed by atoms with Gasteiger partial charge in [-0.2, -0.15) is 0 Å². The molecular weight excluding hydrogens is 470 g/mol. The highest BCUT2D eigenvalue weighted by atomic mass is 32.1. The van der Waals surface area contributed by atoms with Crippen molar-refractivity contribution >= 4 is 48.9 Å². The van der Waals surface area contributed by atoms with Crippen LogP contribution in [0.1, 0.15) is 9.67 Å². The highest BCUT2D eigenvalue weighted by Crippen LogP contribution is 2.33. The second kappa shape index (κ2) is 10.5. The van der Waals surface area contributed by atoms with Gasteiger partial charge in [-0.1, -0.05) is 23.5 Å². The molecule has 0 atom stereocenters. The second-order valence-corrected chi connectivity index (χ2v) is 9.86. The number of fused-ring (bicyclic) bond motifs is 1. The molecule has 0 radical (unpaired) electrons. The summed E-state index contributed by atoms with van der Waals surface area (Å²) in [7, 11) is 1.62. The summed E-state index contributed by atoms with van der Waals surface area (Å²) in [6.07, 6.45) is 1.69. The molecule has 1 aliphatic heterocycles. The molecule has 1 amide bonds. The summed E-state index contributed by atoms with van der Waals surface area (Å²) in [4.78, 5) is 25.7. The summed E-state index contributed by atoms with van der Waals surface area (Å²) < 4.78 is 11.6. The number of carbonyl (C=O) groups is 1. The first-order valence-corrected chi connectivity index (χ1v) is 12.7. The van der Waals surface area contributed by atoms with Crippen LogP contribution < -0.4 is 15.4 Å². The molecule has 4 heterocycles. The zero-order valence-corrected chi connectivity index (χ0v) is 20.4. The van der Waals surface area contributed by atoms with Crippen LogP contribution in [0.2, 0.25) is 0 Å². The molecule has 176 valence electrons. The fraction of sp³-hybridized carbons (Fsp3) is 0.292. The Morgan fingerprint density at radius 3 is 2.68 bits per heavy atom. The van der Waals surface area contributed by atoms with Crippen molar-refractivity contribution in [1.29, 1.82) is 0 Å². The van der Waals surface area contributed by atoms with Crippen molar-refractivity contribution in [3.05, 3.63) is 53.5 Å². The Labute approximate surface area is 205 Å². The number of hydrogen-bond donors (Lipinski definition) is 2. The van der Waals surface area contributed by atoms with Crippen molar-refractivity contribution in [3.63, 3.8) is 0 Å². The number of rotatable bonds is 8. The van der Waals surface area contributed by atoms with E-state index in [-0.39, 0.29) is 5.91 Å². The number of hydrogen-bond acceptors (Lipinski definition) is 9. The van der Waals surface area contributed by atoms with E-state index in [1.165, 1.54) is 11.3 Å². The van der Waals surface area contributed by atoms with Gasteiger partial charge in [-0.3, -0.25) is 14.7 Å². The number of methoxy groups -OCH3 is 1. The molecule has 1 saturated heterocycles. The van der Waals surface area contributed by atoms with Crippen LogP contribution >= 0.6 is 22.7 Å². The molecule has 0 bridgehead atoms. The van der Waals surface area contributed by atoms with E-state index in [1.807, 2.05) is 42.5 Å². The Morgan fingerprint density at radius 1 is 1.15 bits per heavy atom. The Balaban J connectivity index is 1.16. The van der Waals surface area contributed by atoms with Gasteiger partial charge in [0.25, 0.3) is 5.91 Å². The van der Waals surface area contributed by atoms with E-state index in [9.17, 15) is 4.79 Å². The molecule has 2 N–H and O–H groups in total. The molecular formula is C24H25N5O3S2. The predicted octanol–water partition coefficient (Wildman–Crippen LogP) is 4.42. The maximum absolute atomic E-state index is 12.8.